The summed E-state index contributed by atoms with van der Waals surface area (Å²) in [7, 11) is 1.54. The predicted octanol–water partition coefficient (Wildman–Crippen LogP) is 4.35. The molecule has 0 saturated carbocycles. The minimum absolute atomic E-state index is 0.295. The van der Waals surface area contributed by atoms with Crippen LogP contribution in [0.1, 0.15) is 5.56 Å². The average Bonchev–Trinajstić information content (AvgIpc) is 3.11. The minimum Gasteiger partial charge on any atom is -0.490 e. The Labute approximate surface area is 158 Å². The molecule has 3 aromatic rings. The Kier molecular flexibility index (Phi) is 5.41. The summed E-state index contributed by atoms with van der Waals surface area (Å²) in [6.45, 7) is 0. The molecule has 0 radical (unpaired) electrons. The zero-order valence-electron chi connectivity index (χ0n) is 14.1. The van der Waals surface area contributed by atoms with E-state index in [1.54, 1.807) is 0 Å². The van der Waals surface area contributed by atoms with Crippen molar-refractivity contribution >= 4 is 17.3 Å². The topological polar surface area (TPSA) is 49.2 Å². The number of rotatable bonds is 5. The maximum absolute atomic E-state index is 12.2. The summed E-state index contributed by atoms with van der Waals surface area (Å²) in [6.07, 6.45) is -2.69. The molecular formula is C18H14F3N3O2S. The molecule has 0 amide bonds. The molecule has 0 N–H and O–H groups in total. The van der Waals surface area contributed by atoms with Gasteiger partial charge in [0.1, 0.15) is 12.1 Å². The summed E-state index contributed by atoms with van der Waals surface area (Å²) >= 11 is 5.04. The van der Waals surface area contributed by atoms with Gasteiger partial charge in [-0.3, -0.25) is 0 Å². The monoisotopic (exact) mass is 393 g/mol. The van der Waals surface area contributed by atoms with E-state index in [1.165, 1.54) is 42.4 Å². The molecule has 3 rings (SSSR count). The van der Waals surface area contributed by atoms with Gasteiger partial charge < -0.3 is 9.47 Å². The van der Waals surface area contributed by atoms with Crippen molar-refractivity contribution in [1.29, 1.82) is 0 Å². The average molecular weight is 393 g/mol. The van der Waals surface area contributed by atoms with E-state index in [9.17, 15) is 13.2 Å². The van der Waals surface area contributed by atoms with Gasteiger partial charge in [0, 0.05) is 12.0 Å². The van der Waals surface area contributed by atoms with E-state index in [2.05, 4.69) is 14.8 Å². The zero-order valence-corrected chi connectivity index (χ0v) is 14.9. The smallest absolute Gasteiger partial charge is 0.490 e. The lowest BCUT2D eigenvalue weighted by atomic mass is 10.1. The molecule has 2 aromatic carbocycles. The molecule has 0 aliphatic carbocycles. The molecule has 5 nitrogen and oxygen atoms in total. The Bertz CT molecular complexity index is 922. The minimum atomic E-state index is -4.72. The summed E-state index contributed by atoms with van der Waals surface area (Å²) in [5.41, 5.74) is 2.37. The lowest BCUT2D eigenvalue weighted by Gasteiger charge is -2.09. The molecule has 0 aliphatic rings. The van der Waals surface area contributed by atoms with Crippen LogP contribution < -0.4 is 4.74 Å². The van der Waals surface area contributed by atoms with Crippen LogP contribution in [-0.2, 0) is 11.2 Å². The highest BCUT2D eigenvalue weighted by Gasteiger charge is 2.30. The van der Waals surface area contributed by atoms with Gasteiger partial charge >= 0.3 is 6.36 Å². The van der Waals surface area contributed by atoms with Crippen LogP contribution >= 0.6 is 12.2 Å². The van der Waals surface area contributed by atoms with Crippen LogP contribution in [0.15, 0.2) is 54.9 Å². The molecule has 0 spiro atoms. The Balaban J connectivity index is 1.73. The van der Waals surface area contributed by atoms with Crippen LogP contribution in [-0.4, -0.2) is 33.3 Å². The third kappa shape index (κ3) is 5.04. The lowest BCUT2D eigenvalue weighted by Crippen LogP contribution is -2.17. The van der Waals surface area contributed by atoms with Gasteiger partial charge in [0.05, 0.1) is 12.8 Å². The normalized spacial score (nSPS) is 11.3. The van der Waals surface area contributed by atoms with Crippen LogP contribution in [0.5, 0.6) is 5.75 Å². The van der Waals surface area contributed by atoms with Gasteiger partial charge in [-0.2, -0.15) is 0 Å². The van der Waals surface area contributed by atoms with Crippen molar-refractivity contribution in [2.45, 2.75) is 12.8 Å². The summed E-state index contributed by atoms with van der Waals surface area (Å²) in [6, 6.07) is 12.9. The van der Waals surface area contributed by atoms with E-state index in [4.69, 9.17) is 17.0 Å². The highest BCUT2D eigenvalue weighted by atomic mass is 32.1. The van der Waals surface area contributed by atoms with Gasteiger partial charge in [-0.25, -0.2) is 9.67 Å². The first-order valence-electron chi connectivity index (χ1n) is 7.78. The second-order valence-electron chi connectivity index (χ2n) is 5.50. The number of ether oxygens (including phenoxy) is 2. The number of methoxy groups -OCH3 is 1. The number of alkyl halides is 3. The van der Waals surface area contributed by atoms with Crippen molar-refractivity contribution in [2.24, 2.45) is 0 Å². The molecular weight excluding hydrogens is 379 g/mol. The third-order valence-corrected chi connectivity index (χ3v) is 3.93. The number of nitrogens with zero attached hydrogens (tertiary/aromatic N) is 3. The Morgan fingerprint density at radius 3 is 2.33 bits per heavy atom. The molecule has 27 heavy (non-hydrogen) atoms. The van der Waals surface area contributed by atoms with Gasteiger partial charge in [-0.15, -0.1) is 18.3 Å². The number of aromatic nitrogens is 3. The predicted molar refractivity (Wildman–Crippen MR) is 96.8 cm³/mol. The first-order valence-corrected chi connectivity index (χ1v) is 8.19. The first kappa shape index (κ1) is 18.8. The van der Waals surface area contributed by atoms with Crippen LogP contribution in [0.4, 0.5) is 13.2 Å². The molecule has 0 atom stereocenters. The van der Waals surface area contributed by atoms with E-state index in [-0.39, 0.29) is 5.75 Å². The molecule has 0 saturated heterocycles. The highest BCUT2D eigenvalue weighted by molar-refractivity contribution is 7.80. The third-order valence-electron chi connectivity index (χ3n) is 3.61. The van der Waals surface area contributed by atoms with Crippen molar-refractivity contribution in [3.8, 4) is 22.8 Å². The van der Waals surface area contributed by atoms with Gasteiger partial charge in [0.25, 0.3) is 0 Å². The number of thiocarbonyl (C=S) groups is 1. The molecule has 0 fully saturated rings. The molecule has 140 valence electrons. The van der Waals surface area contributed by atoms with Gasteiger partial charge in [-0.05, 0) is 42.0 Å². The molecule has 0 unspecified atom stereocenters. The lowest BCUT2D eigenvalue weighted by molar-refractivity contribution is -0.274. The standard InChI is InChI=1S/C18H14F3N3O2S/c1-25-16(27)10-12-2-4-13(5-3-12)17-22-11-24(23-17)14-6-8-15(9-7-14)26-18(19,20)21/h2-9,11H,10H2,1H3. The summed E-state index contributed by atoms with van der Waals surface area (Å²) < 4.78 is 46.9. The van der Waals surface area contributed by atoms with Crippen molar-refractivity contribution in [3.63, 3.8) is 0 Å². The zero-order chi connectivity index (χ0) is 19.4. The summed E-state index contributed by atoms with van der Waals surface area (Å²) in [4.78, 5) is 4.24. The number of halogens is 3. The van der Waals surface area contributed by atoms with Crippen LogP contribution in [0.2, 0.25) is 0 Å². The van der Waals surface area contributed by atoms with Crippen LogP contribution in [0.3, 0.4) is 0 Å². The fourth-order valence-electron chi connectivity index (χ4n) is 2.33. The van der Waals surface area contributed by atoms with Gasteiger partial charge in [0.15, 0.2) is 10.9 Å². The van der Waals surface area contributed by atoms with Crippen molar-refractivity contribution in [1.82, 2.24) is 14.8 Å². The first-order chi connectivity index (χ1) is 12.8. The summed E-state index contributed by atoms with van der Waals surface area (Å²) in [5, 5.41) is 4.86. The number of hydrogen-bond donors (Lipinski definition) is 0. The maximum atomic E-state index is 12.2. The molecule has 0 aliphatic heterocycles. The maximum Gasteiger partial charge on any atom is 0.573 e. The number of benzene rings is 2. The molecule has 0 bridgehead atoms. The van der Waals surface area contributed by atoms with Gasteiger partial charge in [0.2, 0.25) is 0 Å². The van der Waals surface area contributed by atoms with E-state index in [0.717, 1.165) is 11.1 Å². The van der Waals surface area contributed by atoms with Crippen LogP contribution in [0.25, 0.3) is 17.1 Å². The fourth-order valence-corrected chi connectivity index (χ4v) is 2.50. The quantitative estimate of drug-likeness (QED) is 0.603. The Morgan fingerprint density at radius 1 is 1.07 bits per heavy atom. The Morgan fingerprint density at radius 2 is 1.74 bits per heavy atom. The molecule has 9 heteroatoms. The van der Waals surface area contributed by atoms with Crippen LogP contribution in [0, 0.1) is 0 Å². The number of hydrogen-bond acceptors (Lipinski definition) is 5. The highest BCUT2D eigenvalue weighted by Crippen LogP contribution is 2.24. The Hall–Kier alpha value is -2.94. The van der Waals surface area contributed by atoms with E-state index >= 15 is 0 Å². The van der Waals surface area contributed by atoms with E-state index in [0.29, 0.717) is 23.0 Å². The van der Waals surface area contributed by atoms with Crippen molar-refractivity contribution in [2.75, 3.05) is 7.11 Å². The second-order valence-corrected chi connectivity index (χ2v) is 5.96. The van der Waals surface area contributed by atoms with E-state index in [1.807, 2.05) is 24.3 Å². The van der Waals surface area contributed by atoms with E-state index < -0.39 is 6.36 Å². The summed E-state index contributed by atoms with van der Waals surface area (Å²) in [5.74, 6) is 0.197. The SMILES string of the molecule is COC(=S)Cc1ccc(-c2ncn(-c3ccc(OC(F)(F)F)cc3)n2)cc1. The van der Waals surface area contributed by atoms with Crippen molar-refractivity contribution < 1.29 is 22.6 Å². The molecule has 1 aromatic heterocycles. The fraction of sp³-hybridized carbons (Fsp3) is 0.167. The largest absolute Gasteiger partial charge is 0.573 e. The molecule has 1 heterocycles. The second kappa shape index (κ2) is 7.75. The van der Waals surface area contributed by atoms with Crippen molar-refractivity contribution in [3.05, 3.63) is 60.4 Å². The van der Waals surface area contributed by atoms with Gasteiger partial charge in [-0.1, -0.05) is 24.3 Å².